The Morgan fingerprint density at radius 1 is 0.574 bits per heavy atom. The maximum atomic E-state index is 13.2. The van der Waals surface area contributed by atoms with Crippen LogP contribution in [0.3, 0.4) is 0 Å². The normalized spacial score (nSPS) is 16.2. The number of aliphatic carboxylic acids is 2. The summed E-state index contributed by atoms with van der Waals surface area (Å²) >= 11 is 24.4. The van der Waals surface area contributed by atoms with Crippen molar-refractivity contribution in [2.45, 2.75) is 38.4 Å². The number of carboxylic acid groups (broad SMARTS) is 2. The van der Waals surface area contributed by atoms with E-state index >= 15 is 0 Å². The highest BCUT2D eigenvalue weighted by Gasteiger charge is 2.49. The summed E-state index contributed by atoms with van der Waals surface area (Å²) in [6, 6.07) is 14.8. The minimum atomic E-state index is -4.90. The first-order valence-corrected chi connectivity index (χ1v) is 16.5. The van der Waals surface area contributed by atoms with Crippen molar-refractivity contribution in [3.63, 3.8) is 0 Å². The van der Waals surface area contributed by atoms with Crippen LogP contribution in [0.1, 0.15) is 22.3 Å². The summed E-state index contributed by atoms with van der Waals surface area (Å²) in [5, 5.41) is 18.8. The zero-order chi connectivity index (χ0) is 39.9. The van der Waals surface area contributed by atoms with Crippen LogP contribution in [0.25, 0.3) is 12.2 Å². The van der Waals surface area contributed by atoms with Crippen LogP contribution in [0.15, 0.2) is 71.8 Å². The third kappa shape index (κ3) is 9.12. The van der Waals surface area contributed by atoms with E-state index in [0.717, 1.165) is 23.3 Å². The molecule has 0 spiro atoms. The van der Waals surface area contributed by atoms with Gasteiger partial charge in [0.15, 0.2) is 0 Å². The van der Waals surface area contributed by atoms with Crippen LogP contribution < -0.4 is 18.9 Å². The van der Waals surface area contributed by atoms with Crippen LogP contribution in [-0.4, -0.2) is 46.7 Å². The smallest absolute Gasteiger partial charge is 0.430 e. The van der Waals surface area contributed by atoms with E-state index in [1.54, 1.807) is 36.4 Å². The number of ether oxygens (including phenoxy) is 4. The monoisotopic (exact) mass is 836 g/mol. The molecule has 2 aliphatic heterocycles. The minimum Gasteiger partial charge on any atom is -0.478 e. The van der Waals surface area contributed by atoms with E-state index in [-0.39, 0.29) is 55.7 Å². The zero-order valence-corrected chi connectivity index (χ0v) is 30.2. The molecule has 0 aliphatic carbocycles. The van der Waals surface area contributed by atoms with E-state index < -0.39 is 47.6 Å². The molecule has 0 fully saturated rings. The molecule has 1 unspecified atom stereocenters. The fourth-order valence-corrected chi connectivity index (χ4v) is 5.97. The number of carboxylic acids is 2. The highest BCUT2D eigenvalue weighted by molar-refractivity contribution is 6.33. The first kappa shape index (κ1) is 40.4. The number of halogens is 10. The molecule has 0 aromatic heterocycles. The maximum Gasteiger partial charge on any atom is 0.430 e. The highest BCUT2D eigenvalue weighted by Crippen LogP contribution is 2.45. The molecule has 54 heavy (non-hydrogen) atoms. The lowest BCUT2D eigenvalue weighted by molar-refractivity contribution is -0.187. The summed E-state index contributed by atoms with van der Waals surface area (Å²) in [5.74, 6) is -3.31. The maximum absolute atomic E-state index is 13.2. The van der Waals surface area contributed by atoms with Crippen molar-refractivity contribution >= 4 is 70.5 Å². The Kier molecular flexibility index (Phi) is 11.6. The second-order valence-corrected chi connectivity index (χ2v) is 13.2. The molecule has 284 valence electrons. The predicted octanol–water partition coefficient (Wildman–Crippen LogP) is 11.8. The second kappa shape index (κ2) is 15.5. The van der Waals surface area contributed by atoms with Crippen molar-refractivity contribution in [3.8, 4) is 34.5 Å². The average Bonchev–Trinajstić information content (AvgIpc) is 3.06. The first-order chi connectivity index (χ1) is 25.1. The largest absolute Gasteiger partial charge is 0.478 e. The molecular weight excluding hydrogens is 816 g/mol. The van der Waals surface area contributed by atoms with Gasteiger partial charge in [0, 0.05) is 23.3 Å². The third-order valence-corrected chi connectivity index (χ3v) is 8.69. The molecule has 0 bridgehead atoms. The molecule has 0 radical (unpaired) electrons. The van der Waals surface area contributed by atoms with Crippen molar-refractivity contribution in [2.24, 2.45) is 0 Å². The van der Waals surface area contributed by atoms with Crippen LogP contribution in [0.5, 0.6) is 34.5 Å². The van der Waals surface area contributed by atoms with Gasteiger partial charge < -0.3 is 29.2 Å². The third-order valence-electron chi connectivity index (χ3n) is 7.51. The molecular formula is C36H22Cl4F6O8. The van der Waals surface area contributed by atoms with E-state index in [0.29, 0.717) is 10.0 Å². The van der Waals surface area contributed by atoms with E-state index in [1.807, 2.05) is 13.8 Å². The summed E-state index contributed by atoms with van der Waals surface area (Å²) in [4.78, 5) is 22.3. The van der Waals surface area contributed by atoms with Crippen LogP contribution in [0, 0.1) is 13.8 Å². The quantitative estimate of drug-likeness (QED) is 0.185. The molecule has 8 nitrogen and oxygen atoms in total. The number of alkyl halides is 6. The van der Waals surface area contributed by atoms with Crippen molar-refractivity contribution in [3.05, 3.63) is 114 Å². The molecule has 18 heteroatoms. The fraction of sp³-hybridized carbons (Fsp3) is 0.167. The minimum absolute atomic E-state index is 0.0225. The number of hydrogen-bond acceptors (Lipinski definition) is 6. The lowest BCUT2D eigenvalue weighted by Crippen LogP contribution is -2.40. The molecule has 2 N–H and O–H groups in total. The Morgan fingerprint density at radius 3 is 1.20 bits per heavy atom. The van der Waals surface area contributed by atoms with Gasteiger partial charge in [-0.15, -0.1) is 0 Å². The van der Waals surface area contributed by atoms with Gasteiger partial charge in [-0.1, -0.05) is 58.5 Å². The lowest BCUT2D eigenvalue weighted by Gasteiger charge is -2.27. The van der Waals surface area contributed by atoms with Crippen molar-refractivity contribution in [2.75, 3.05) is 0 Å². The molecule has 2 atom stereocenters. The van der Waals surface area contributed by atoms with Gasteiger partial charge in [-0.2, -0.15) is 26.3 Å². The molecule has 4 aromatic rings. The van der Waals surface area contributed by atoms with Crippen molar-refractivity contribution in [1.82, 2.24) is 0 Å². The number of carbonyl (C=O) groups is 2. The lowest BCUT2D eigenvalue weighted by atomic mass is 10.0. The number of rotatable bonds is 6. The van der Waals surface area contributed by atoms with Crippen LogP contribution >= 0.6 is 46.4 Å². The molecule has 0 saturated carbocycles. The summed E-state index contributed by atoms with van der Waals surface area (Å²) in [5.41, 5.74) is 0.126. The van der Waals surface area contributed by atoms with Gasteiger partial charge in [-0.05, 0) is 73.5 Å². The summed E-state index contributed by atoms with van der Waals surface area (Å²) in [6.07, 6.45) is -13.2. The van der Waals surface area contributed by atoms with Crippen molar-refractivity contribution < 1.29 is 65.1 Å². The van der Waals surface area contributed by atoms with E-state index in [1.165, 1.54) is 24.3 Å². The summed E-state index contributed by atoms with van der Waals surface area (Å²) < 4.78 is 100.0. The fourth-order valence-electron chi connectivity index (χ4n) is 5.00. The molecule has 4 aromatic carbocycles. The van der Waals surface area contributed by atoms with Crippen LogP contribution in [0.4, 0.5) is 26.3 Å². The zero-order valence-electron chi connectivity index (χ0n) is 27.2. The first-order valence-electron chi connectivity index (χ1n) is 15.0. The number of aryl methyl sites for hydroxylation is 2. The highest BCUT2D eigenvalue weighted by atomic mass is 35.5. The molecule has 0 saturated heterocycles. The number of fused-ring (bicyclic) bond motifs is 2. The molecule has 6 rings (SSSR count). The topological polar surface area (TPSA) is 112 Å². The van der Waals surface area contributed by atoms with E-state index in [9.17, 15) is 35.9 Å². The second-order valence-electron chi connectivity index (χ2n) is 11.6. The van der Waals surface area contributed by atoms with E-state index in [2.05, 4.69) is 0 Å². The average molecular weight is 838 g/mol. The van der Waals surface area contributed by atoms with Gasteiger partial charge in [0.2, 0.25) is 12.2 Å². The van der Waals surface area contributed by atoms with E-state index in [4.69, 9.17) is 75.6 Å². The van der Waals surface area contributed by atoms with Gasteiger partial charge >= 0.3 is 24.3 Å². The Bertz CT molecular complexity index is 2060. The standard InChI is InChI=1S/2C18H11Cl2F3O4/c2*1-8-2-3-13(11(19)4-8)26-15-7-14-9(6-12(15)20)5-10(17(24)25)16(27-14)18(21,22)23/h2*2-7,16H,1H3,(H,24,25)/t16-;/m0./s1. The molecule has 0 amide bonds. The number of hydrogen-bond donors (Lipinski definition) is 2. The van der Waals surface area contributed by atoms with Crippen LogP contribution in [0.2, 0.25) is 20.1 Å². The van der Waals surface area contributed by atoms with Crippen LogP contribution in [-0.2, 0) is 9.59 Å². The Hall–Kier alpha value is -4.76. The number of benzene rings is 4. The van der Waals surface area contributed by atoms with Crippen molar-refractivity contribution in [1.29, 1.82) is 0 Å². The summed E-state index contributed by atoms with van der Waals surface area (Å²) in [7, 11) is 0. The van der Waals surface area contributed by atoms with Gasteiger partial charge in [-0.3, -0.25) is 0 Å². The Labute approximate surface area is 321 Å². The Balaban J connectivity index is 0.000000208. The van der Waals surface area contributed by atoms with Gasteiger partial charge in [0.05, 0.1) is 31.2 Å². The molecule has 2 heterocycles. The predicted molar refractivity (Wildman–Crippen MR) is 188 cm³/mol. The molecule has 2 aliphatic rings. The summed E-state index contributed by atoms with van der Waals surface area (Å²) in [6.45, 7) is 3.66. The SMILES string of the molecule is Cc1ccc(Oc2cc3c(cc2Cl)C=C(C(=O)O)C(C(F)(F)F)O3)c(Cl)c1.Cc1ccc(Oc2cc3c(cc2Cl)C=C(C(=O)O)[C@@H](C(F)(F)F)O3)c(Cl)c1. The van der Waals surface area contributed by atoms with Gasteiger partial charge in [0.1, 0.15) is 34.5 Å². The van der Waals surface area contributed by atoms with Gasteiger partial charge in [-0.25, -0.2) is 9.59 Å². The van der Waals surface area contributed by atoms with Gasteiger partial charge in [0.25, 0.3) is 0 Å². The Morgan fingerprint density at radius 2 is 0.907 bits per heavy atom.